The van der Waals surface area contributed by atoms with Crippen LogP contribution in [0.5, 0.6) is 0 Å². The number of carbonyl (C=O) groups is 1. The van der Waals surface area contributed by atoms with Crippen LogP contribution in [0.1, 0.15) is 50.8 Å². The Bertz CT molecular complexity index is 751. The Kier molecular flexibility index (Phi) is 5.08. The number of nitrogens with zero attached hydrogens (tertiary/aromatic N) is 3. The fourth-order valence-corrected chi connectivity index (χ4v) is 3.79. The Morgan fingerprint density at radius 1 is 1.40 bits per heavy atom. The molecule has 0 radical (unpaired) electrons. The number of hydrogen-bond donors (Lipinski definition) is 0. The molecule has 0 bridgehead atoms. The maximum atomic E-state index is 12.4. The Morgan fingerprint density at radius 2 is 2.20 bits per heavy atom. The molecule has 2 aromatic rings. The van der Waals surface area contributed by atoms with Crippen LogP contribution >= 0.6 is 11.3 Å². The molecule has 0 saturated carbocycles. The Morgan fingerprint density at radius 3 is 2.88 bits per heavy atom. The molecule has 1 atom stereocenters. The maximum absolute atomic E-state index is 12.4. The summed E-state index contributed by atoms with van der Waals surface area (Å²) >= 11 is 1.61. The van der Waals surface area contributed by atoms with Crippen molar-refractivity contribution >= 4 is 17.4 Å². The molecule has 1 aliphatic heterocycles. The highest BCUT2D eigenvalue weighted by Crippen LogP contribution is 2.30. The van der Waals surface area contributed by atoms with Gasteiger partial charge in [-0.2, -0.15) is 0 Å². The normalized spacial score (nSPS) is 18.2. The number of rotatable bonds is 2. The lowest BCUT2D eigenvalue weighted by molar-refractivity contribution is 0.0198. The van der Waals surface area contributed by atoms with Crippen molar-refractivity contribution in [2.75, 3.05) is 13.1 Å². The van der Waals surface area contributed by atoms with Crippen LogP contribution in [0.25, 0.3) is 10.7 Å². The van der Waals surface area contributed by atoms with Crippen molar-refractivity contribution in [1.29, 1.82) is 0 Å². The van der Waals surface area contributed by atoms with E-state index in [0.717, 1.165) is 35.8 Å². The third-order valence-electron chi connectivity index (χ3n) is 4.17. The fraction of sp³-hybridized carbons (Fsp3) is 0.526. The van der Waals surface area contributed by atoms with E-state index in [1.807, 2.05) is 50.2 Å². The van der Waals surface area contributed by atoms with E-state index in [2.05, 4.69) is 16.0 Å². The second-order valence-corrected chi connectivity index (χ2v) is 8.39. The first-order valence-corrected chi connectivity index (χ1v) is 9.56. The van der Waals surface area contributed by atoms with Crippen LogP contribution in [0.2, 0.25) is 0 Å². The van der Waals surface area contributed by atoms with Crippen LogP contribution in [0, 0.1) is 6.92 Å². The zero-order chi connectivity index (χ0) is 18.0. The molecule has 3 rings (SSSR count). The van der Waals surface area contributed by atoms with Gasteiger partial charge in [0.15, 0.2) is 0 Å². The summed E-state index contributed by atoms with van der Waals surface area (Å²) < 4.78 is 5.52. The van der Waals surface area contributed by atoms with Gasteiger partial charge in [-0.3, -0.25) is 4.98 Å². The van der Waals surface area contributed by atoms with E-state index < -0.39 is 5.60 Å². The van der Waals surface area contributed by atoms with Crippen molar-refractivity contribution in [3.05, 3.63) is 35.0 Å². The van der Waals surface area contributed by atoms with Gasteiger partial charge >= 0.3 is 6.09 Å². The number of likely N-dealkylation sites (tertiary alicyclic amines) is 1. The van der Waals surface area contributed by atoms with Crippen LogP contribution in [0.4, 0.5) is 4.79 Å². The predicted octanol–water partition coefficient (Wildman–Crippen LogP) is 4.63. The van der Waals surface area contributed by atoms with Crippen LogP contribution in [-0.4, -0.2) is 39.7 Å². The summed E-state index contributed by atoms with van der Waals surface area (Å²) in [6.45, 7) is 9.14. The van der Waals surface area contributed by atoms with Gasteiger partial charge in [-0.15, -0.1) is 11.3 Å². The van der Waals surface area contributed by atoms with Crippen molar-refractivity contribution in [1.82, 2.24) is 14.9 Å². The van der Waals surface area contributed by atoms with Crippen molar-refractivity contribution in [3.63, 3.8) is 0 Å². The van der Waals surface area contributed by atoms with Crippen LogP contribution in [0.3, 0.4) is 0 Å². The number of piperidine rings is 1. The summed E-state index contributed by atoms with van der Waals surface area (Å²) in [5.74, 6) is 0.309. The summed E-state index contributed by atoms with van der Waals surface area (Å²) in [5, 5.41) is 2.98. The minimum absolute atomic E-state index is 0.220. The van der Waals surface area contributed by atoms with Crippen LogP contribution in [0.15, 0.2) is 23.7 Å². The lowest BCUT2D eigenvalue weighted by atomic mass is 9.91. The molecule has 134 valence electrons. The fourth-order valence-electron chi connectivity index (χ4n) is 3.03. The molecule has 1 aliphatic rings. The lowest BCUT2D eigenvalue weighted by Crippen LogP contribution is -2.42. The summed E-state index contributed by atoms with van der Waals surface area (Å²) in [5.41, 5.74) is 2.67. The lowest BCUT2D eigenvalue weighted by Gasteiger charge is -2.34. The first-order chi connectivity index (χ1) is 11.8. The second kappa shape index (κ2) is 7.12. The van der Waals surface area contributed by atoms with E-state index in [-0.39, 0.29) is 6.09 Å². The van der Waals surface area contributed by atoms with E-state index in [0.29, 0.717) is 12.5 Å². The highest BCUT2D eigenvalue weighted by atomic mass is 32.1. The smallest absolute Gasteiger partial charge is 0.410 e. The molecule has 2 aromatic heterocycles. The number of thiazole rings is 1. The molecule has 3 heterocycles. The number of ether oxygens (including phenoxy) is 1. The minimum atomic E-state index is -0.462. The Hall–Kier alpha value is -1.95. The molecule has 25 heavy (non-hydrogen) atoms. The van der Waals surface area contributed by atoms with Crippen LogP contribution < -0.4 is 0 Å². The van der Waals surface area contributed by atoms with Gasteiger partial charge in [0.1, 0.15) is 10.6 Å². The highest BCUT2D eigenvalue weighted by molar-refractivity contribution is 7.13. The van der Waals surface area contributed by atoms with Crippen LogP contribution in [-0.2, 0) is 4.74 Å². The van der Waals surface area contributed by atoms with Gasteiger partial charge in [0.2, 0.25) is 0 Å². The molecule has 0 aromatic carbocycles. The van der Waals surface area contributed by atoms with Gasteiger partial charge in [-0.1, -0.05) is 0 Å². The predicted molar refractivity (Wildman–Crippen MR) is 99.9 cm³/mol. The van der Waals surface area contributed by atoms with E-state index in [1.54, 1.807) is 11.3 Å². The molecule has 1 amide bonds. The molecule has 0 aliphatic carbocycles. The standard InChI is InChI=1S/C19H25N3O2S/c1-13-12-25-17(21-13)16-10-14(7-8-20-16)15-6-5-9-22(11-15)18(23)24-19(2,3)4/h7-8,10,12,15H,5-6,9,11H2,1-4H3. The summed E-state index contributed by atoms with van der Waals surface area (Å²) in [6.07, 6.45) is 3.67. The monoisotopic (exact) mass is 359 g/mol. The summed E-state index contributed by atoms with van der Waals surface area (Å²) in [7, 11) is 0. The Labute approximate surface area is 153 Å². The van der Waals surface area contributed by atoms with Crippen molar-refractivity contribution in [3.8, 4) is 10.7 Å². The van der Waals surface area contributed by atoms with Gasteiger partial charge in [0, 0.05) is 36.3 Å². The van der Waals surface area contributed by atoms with Gasteiger partial charge in [0.25, 0.3) is 0 Å². The Balaban J connectivity index is 1.74. The van der Waals surface area contributed by atoms with E-state index in [9.17, 15) is 4.79 Å². The molecule has 6 heteroatoms. The van der Waals surface area contributed by atoms with Gasteiger partial charge in [-0.25, -0.2) is 9.78 Å². The number of aryl methyl sites for hydroxylation is 1. The number of amides is 1. The zero-order valence-electron chi connectivity index (χ0n) is 15.3. The number of pyridine rings is 1. The summed E-state index contributed by atoms with van der Waals surface area (Å²) in [4.78, 5) is 23.2. The minimum Gasteiger partial charge on any atom is -0.444 e. The van der Waals surface area contributed by atoms with Crippen molar-refractivity contribution in [2.45, 2.75) is 52.1 Å². The molecular weight excluding hydrogens is 334 g/mol. The van der Waals surface area contributed by atoms with E-state index in [1.165, 1.54) is 5.56 Å². The first kappa shape index (κ1) is 17.9. The number of aromatic nitrogens is 2. The third kappa shape index (κ3) is 4.57. The molecule has 0 N–H and O–H groups in total. The third-order valence-corrected chi connectivity index (χ3v) is 5.15. The number of carbonyl (C=O) groups excluding carboxylic acids is 1. The van der Waals surface area contributed by atoms with Crippen molar-refractivity contribution in [2.24, 2.45) is 0 Å². The average Bonchev–Trinajstić information content (AvgIpc) is 3.00. The molecule has 1 unspecified atom stereocenters. The molecule has 0 spiro atoms. The molecule has 1 saturated heterocycles. The maximum Gasteiger partial charge on any atom is 0.410 e. The molecule has 1 fully saturated rings. The number of hydrogen-bond acceptors (Lipinski definition) is 5. The molecule has 5 nitrogen and oxygen atoms in total. The SMILES string of the molecule is Cc1csc(-c2cc(C3CCCN(C(=O)OC(C)(C)C)C3)ccn2)n1. The summed E-state index contributed by atoms with van der Waals surface area (Å²) in [6, 6.07) is 4.16. The largest absolute Gasteiger partial charge is 0.444 e. The zero-order valence-corrected chi connectivity index (χ0v) is 16.1. The van der Waals surface area contributed by atoms with Gasteiger partial charge in [-0.05, 0) is 58.2 Å². The average molecular weight is 359 g/mol. The van der Waals surface area contributed by atoms with Gasteiger partial charge in [0.05, 0.1) is 5.69 Å². The van der Waals surface area contributed by atoms with E-state index in [4.69, 9.17) is 4.74 Å². The molecular formula is C19H25N3O2S. The topological polar surface area (TPSA) is 55.3 Å². The highest BCUT2D eigenvalue weighted by Gasteiger charge is 2.28. The van der Waals surface area contributed by atoms with Crippen molar-refractivity contribution < 1.29 is 9.53 Å². The van der Waals surface area contributed by atoms with E-state index >= 15 is 0 Å². The quantitative estimate of drug-likeness (QED) is 0.784. The second-order valence-electron chi connectivity index (χ2n) is 7.53. The first-order valence-electron chi connectivity index (χ1n) is 8.68. The van der Waals surface area contributed by atoms with Gasteiger partial charge < -0.3 is 9.64 Å².